The second-order valence-corrected chi connectivity index (χ2v) is 6.87. The van der Waals surface area contributed by atoms with E-state index in [0.717, 1.165) is 15.5 Å². The Morgan fingerprint density at radius 1 is 1.35 bits per heavy atom. The molecule has 2 saturated heterocycles. The van der Waals surface area contributed by atoms with Crippen molar-refractivity contribution in [2.24, 2.45) is 5.92 Å². The summed E-state index contributed by atoms with van der Waals surface area (Å²) >= 11 is 1.57. The van der Waals surface area contributed by atoms with Crippen LogP contribution in [0, 0.1) is 5.92 Å². The third-order valence-electron chi connectivity index (χ3n) is 4.32. The van der Waals surface area contributed by atoms with Gasteiger partial charge >= 0.3 is 12.0 Å². The molecule has 1 aromatic carbocycles. The van der Waals surface area contributed by atoms with Gasteiger partial charge < -0.3 is 15.0 Å². The zero-order valence-corrected chi connectivity index (χ0v) is 15.1. The number of benzene rings is 1. The molecule has 26 heavy (non-hydrogen) atoms. The topological polar surface area (TPSA) is 96.0 Å². The number of nitrogens with zero attached hydrogens (tertiary/aromatic N) is 2. The summed E-state index contributed by atoms with van der Waals surface area (Å²) in [7, 11) is 0. The summed E-state index contributed by atoms with van der Waals surface area (Å²) in [6, 6.07) is 7.04. The van der Waals surface area contributed by atoms with E-state index in [0.29, 0.717) is 6.54 Å². The van der Waals surface area contributed by atoms with Crippen molar-refractivity contribution in [2.45, 2.75) is 11.3 Å². The highest BCUT2D eigenvalue weighted by atomic mass is 32.2. The number of anilines is 1. The number of amides is 4. The van der Waals surface area contributed by atoms with Gasteiger partial charge in [0.25, 0.3) is 5.91 Å². The number of imide groups is 1. The van der Waals surface area contributed by atoms with E-state index in [4.69, 9.17) is 4.74 Å². The predicted molar refractivity (Wildman–Crippen MR) is 94.8 cm³/mol. The quantitative estimate of drug-likeness (QED) is 0.604. The normalized spacial score (nSPS) is 19.7. The van der Waals surface area contributed by atoms with Crippen LogP contribution in [0.2, 0.25) is 0 Å². The first-order chi connectivity index (χ1) is 12.5. The first kappa shape index (κ1) is 18.2. The van der Waals surface area contributed by atoms with Crippen LogP contribution in [0.1, 0.15) is 6.42 Å². The van der Waals surface area contributed by atoms with Crippen molar-refractivity contribution in [3.05, 3.63) is 24.3 Å². The molecule has 0 unspecified atom stereocenters. The SMILES string of the molecule is CSc1cccc(N2C[C@@H](C(=O)OCC(=O)N3CCNC3=O)CC2=O)c1. The summed E-state index contributed by atoms with van der Waals surface area (Å²) in [6.07, 6.45) is 1.99. The lowest BCUT2D eigenvalue weighted by molar-refractivity contribution is -0.154. The van der Waals surface area contributed by atoms with Gasteiger partial charge in [-0.15, -0.1) is 11.8 Å². The van der Waals surface area contributed by atoms with Crippen LogP contribution in [-0.4, -0.2) is 61.2 Å². The first-order valence-corrected chi connectivity index (χ1v) is 9.41. The van der Waals surface area contributed by atoms with Gasteiger partial charge in [0.15, 0.2) is 6.61 Å². The number of thioether (sulfide) groups is 1. The highest BCUT2D eigenvalue weighted by Gasteiger charge is 2.37. The second kappa shape index (κ2) is 7.77. The van der Waals surface area contributed by atoms with Crippen LogP contribution in [0.3, 0.4) is 0 Å². The molecule has 0 aromatic heterocycles. The van der Waals surface area contributed by atoms with Gasteiger partial charge in [-0.05, 0) is 24.5 Å². The van der Waals surface area contributed by atoms with Gasteiger partial charge in [-0.3, -0.25) is 19.3 Å². The maximum absolute atomic E-state index is 12.3. The summed E-state index contributed by atoms with van der Waals surface area (Å²) in [5, 5.41) is 2.50. The molecule has 0 bridgehead atoms. The Morgan fingerprint density at radius 3 is 2.85 bits per heavy atom. The van der Waals surface area contributed by atoms with Gasteiger partial charge in [0.2, 0.25) is 5.91 Å². The van der Waals surface area contributed by atoms with E-state index >= 15 is 0 Å². The lowest BCUT2D eigenvalue weighted by atomic mass is 10.1. The lowest BCUT2D eigenvalue weighted by Gasteiger charge is -2.17. The maximum atomic E-state index is 12.3. The Balaban J connectivity index is 1.56. The Hall–Kier alpha value is -2.55. The summed E-state index contributed by atoms with van der Waals surface area (Å²) in [6.45, 7) is 0.364. The minimum Gasteiger partial charge on any atom is -0.455 e. The van der Waals surface area contributed by atoms with Gasteiger partial charge in [0.05, 0.1) is 5.92 Å². The van der Waals surface area contributed by atoms with Crippen molar-refractivity contribution in [3.63, 3.8) is 0 Å². The van der Waals surface area contributed by atoms with Crippen molar-refractivity contribution in [2.75, 3.05) is 37.4 Å². The van der Waals surface area contributed by atoms with Gasteiger partial charge in [0.1, 0.15) is 0 Å². The molecule has 2 heterocycles. The fourth-order valence-corrected chi connectivity index (χ4v) is 3.38. The molecule has 0 aliphatic carbocycles. The molecule has 2 aliphatic heterocycles. The molecule has 2 fully saturated rings. The number of esters is 1. The Labute approximate surface area is 154 Å². The molecule has 1 N–H and O–H groups in total. The van der Waals surface area contributed by atoms with Crippen LogP contribution >= 0.6 is 11.8 Å². The number of rotatable bonds is 5. The minimum atomic E-state index is -0.624. The molecule has 0 saturated carbocycles. The van der Waals surface area contributed by atoms with Gasteiger partial charge in [0, 0.05) is 36.6 Å². The zero-order valence-electron chi connectivity index (χ0n) is 14.3. The summed E-state index contributed by atoms with van der Waals surface area (Å²) in [4.78, 5) is 51.4. The first-order valence-electron chi connectivity index (χ1n) is 8.19. The standard InChI is InChI=1S/C17H19N3O5S/c1-26-13-4-2-3-12(8-13)20-9-11(7-14(20)21)16(23)25-10-15(22)19-6-5-18-17(19)24/h2-4,8,11H,5-7,9-10H2,1H3,(H,18,24)/t11-/m0/s1. The Morgan fingerprint density at radius 2 is 2.15 bits per heavy atom. The Kier molecular flexibility index (Phi) is 5.46. The largest absolute Gasteiger partial charge is 0.455 e. The number of urea groups is 1. The van der Waals surface area contributed by atoms with Crippen molar-refractivity contribution in [1.82, 2.24) is 10.2 Å². The zero-order chi connectivity index (χ0) is 18.7. The van der Waals surface area contributed by atoms with Crippen LogP contribution in [0.15, 0.2) is 29.2 Å². The number of ether oxygens (including phenoxy) is 1. The molecule has 1 aromatic rings. The molecular formula is C17H19N3O5S. The van der Waals surface area contributed by atoms with E-state index in [1.165, 1.54) is 0 Å². The van der Waals surface area contributed by atoms with Crippen LogP contribution < -0.4 is 10.2 Å². The molecule has 2 aliphatic rings. The lowest BCUT2D eigenvalue weighted by Crippen LogP contribution is -2.38. The van der Waals surface area contributed by atoms with E-state index in [9.17, 15) is 19.2 Å². The van der Waals surface area contributed by atoms with Crippen molar-refractivity contribution >= 4 is 41.3 Å². The molecule has 8 nitrogen and oxygen atoms in total. The number of carbonyl (C=O) groups excluding carboxylic acids is 4. The molecule has 0 radical (unpaired) electrons. The van der Waals surface area contributed by atoms with Crippen LogP contribution in [0.5, 0.6) is 0 Å². The minimum absolute atomic E-state index is 0.0424. The summed E-state index contributed by atoms with van der Waals surface area (Å²) in [5.41, 5.74) is 0.738. The maximum Gasteiger partial charge on any atom is 0.324 e. The molecular weight excluding hydrogens is 358 g/mol. The molecule has 3 rings (SSSR count). The van der Waals surface area contributed by atoms with E-state index in [1.807, 2.05) is 30.5 Å². The summed E-state index contributed by atoms with van der Waals surface area (Å²) in [5.74, 6) is -1.95. The van der Waals surface area contributed by atoms with Crippen molar-refractivity contribution < 1.29 is 23.9 Å². The molecule has 0 spiro atoms. The second-order valence-electron chi connectivity index (χ2n) is 5.99. The van der Waals surface area contributed by atoms with E-state index in [1.54, 1.807) is 16.7 Å². The third kappa shape index (κ3) is 3.82. The van der Waals surface area contributed by atoms with Crippen molar-refractivity contribution in [3.8, 4) is 0 Å². The number of hydrogen-bond donors (Lipinski definition) is 1. The molecule has 1 atom stereocenters. The van der Waals surface area contributed by atoms with E-state index < -0.39 is 30.4 Å². The average Bonchev–Trinajstić information content (AvgIpc) is 3.25. The van der Waals surface area contributed by atoms with Gasteiger partial charge in [-0.1, -0.05) is 6.07 Å². The fraction of sp³-hybridized carbons (Fsp3) is 0.412. The number of hydrogen-bond acceptors (Lipinski definition) is 6. The molecule has 4 amide bonds. The Bertz CT molecular complexity index is 754. The van der Waals surface area contributed by atoms with Crippen LogP contribution in [0.4, 0.5) is 10.5 Å². The van der Waals surface area contributed by atoms with Crippen LogP contribution in [0.25, 0.3) is 0 Å². The van der Waals surface area contributed by atoms with Crippen molar-refractivity contribution in [1.29, 1.82) is 0 Å². The fourth-order valence-electron chi connectivity index (χ4n) is 2.93. The molecule has 9 heteroatoms. The van der Waals surface area contributed by atoms with Crippen LogP contribution in [-0.2, 0) is 19.1 Å². The smallest absolute Gasteiger partial charge is 0.324 e. The predicted octanol–water partition coefficient (Wildman–Crippen LogP) is 0.856. The van der Waals surface area contributed by atoms with E-state index in [-0.39, 0.29) is 25.4 Å². The highest BCUT2D eigenvalue weighted by molar-refractivity contribution is 7.98. The molecule has 138 valence electrons. The average molecular weight is 377 g/mol. The summed E-state index contributed by atoms with van der Waals surface area (Å²) < 4.78 is 5.03. The third-order valence-corrected chi connectivity index (χ3v) is 5.04. The van der Waals surface area contributed by atoms with Gasteiger partial charge in [-0.2, -0.15) is 0 Å². The monoisotopic (exact) mass is 377 g/mol. The highest BCUT2D eigenvalue weighted by Crippen LogP contribution is 2.28. The van der Waals surface area contributed by atoms with Gasteiger partial charge in [-0.25, -0.2) is 4.79 Å². The van der Waals surface area contributed by atoms with E-state index in [2.05, 4.69) is 5.32 Å². The number of nitrogens with one attached hydrogen (secondary N) is 1. The number of carbonyl (C=O) groups is 4.